The van der Waals surface area contributed by atoms with Crippen molar-refractivity contribution in [3.63, 3.8) is 0 Å². The minimum absolute atomic E-state index is 0.0135. The van der Waals surface area contributed by atoms with Gasteiger partial charge in [0, 0.05) is 18.9 Å². The zero-order chi connectivity index (χ0) is 10.6. The van der Waals surface area contributed by atoms with Gasteiger partial charge in [0.25, 0.3) is 0 Å². The topological polar surface area (TPSA) is 46.2 Å². The van der Waals surface area contributed by atoms with Crippen LogP contribution in [0.5, 0.6) is 0 Å². The standard InChI is InChI=1S/C11H19NO2/c1-8(13)6-7-11(14)12-9(2)10-4-3-5-10/h9-10H,3-7H2,1-2H3,(H,12,14). The zero-order valence-electron chi connectivity index (χ0n) is 9.01. The van der Waals surface area contributed by atoms with Crippen LogP contribution in [0, 0.1) is 5.92 Å². The van der Waals surface area contributed by atoms with E-state index in [-0.39, 0.29) is 17.7 Å². The molecule has 0 aromatic rings. The summed E-state index contributed by atoms with van der Waals surface area (Å²) in [5.41, 5.74) is 0. The molecular formula is C11H19NO2. The second kappa shape index (κ2) is 5.13. The fraction of sp³-hybridized carbons (Fsp3) is 0.818. The third-order valence-electron chi connectivity index (χ3n) is 2.95. The number of rotatable bonds is 5. The normalized spacial score (nSPS) is 18.4. The molecule has 0 spiro atoms. The molecule has 0 aromatic heterocycles. The van der Waals surface area contributed by atoms with Crippen molar-refractivity contribution in [1.29, 1.82) is 0 Å². The first kappa shape index (κ1) is 11.2. The molecule has 0 heterocycles. The first-order chi connectivity index (χ1) is 6.59. The first-order valence-electron chi connectivity index (χ1n) is 5.38. The van der Waals surface area contributed by atoms with Crippen molar-refractivity contribution in [3.05, 3.63) is 0 Å². The molecule has 3 heteroatoms. The van der Waals surface area contributed by atoms with Crippen molar-refractivity contribution in [1.82, 2.24) is 5.32 Å². The van der Waals surface area contributed by atoms with Crippen LogP contribution in [0.1, 0.15) is 46.0 Å². The molecule has 1 atom stereocenters. The number of ketones is 1. The van der Waals surface area contributed by atoms with Crippen molar-refractivity contribution >= 4 is 11.7 Å². The maximum atomic E-state index is 11.3. The predicted octanol–water partition coefficient (Wildman–Crippen LogP) is 1.66. The molecule has 1 rings (SSSR count). The maximum absolute atomic E-state index is 11.3. The molecule has 0 radical (unpaired) electrons. The highest BCUT2D eigenvalue weighted by Crippen LogP contribution is 2.29. The zero-order valence-corrected chi connectivity index (χ0v) is 9.01. The Labute approximate surface area is 85.3 Å². The van der Waals surface area contributed by atoms with E-state index < -0.39 is 0 Å². The SMILES string of the molecule is CC(=O)CCC(=O)NC(C)C1CCC1. The third kappa shape index (κ3) is 3.48. The second-order valence-corrected chi connectivity index (χ2v) is 4.25. The highest BCUT2D eigenvalue weighted by molar-refractivity contribution is 5.83. The highest BCUT2D eigenvalue weighted by Gasteiger charge is 2.24. The summed E-state index contributed by atoms with van der Waals surface area (Å²) in [6.07, 6.45) is 4.45. The largest absolute Gasteiger partial charge is 0.353 e. The number of carbonyl (C=O) groups excluding carboxylic acids is 2. The number of nitrogens with one attached hydrogen (secondary N) is 1. The number of hydrogen-bond donors (Lipinski definition) is 1. The molecule has 1 unspecified atom stereocenters. The van der Waals surface area contributed by atoms with Crippen LogP contribution >= 0.6 is 0 Å². The lowest BCUT2D eigenvalue weighted by atomic mass is 9.80. The fourth-order valence-corrected chi connectivity index (χ4v) is 1.67. The molecule has 14 heavy (non-hydrogen) atoms. The van der Waals surface area contributed by atoms with Gasteiger partial charge in [0.2, 0.25) is 5.91 Å². The molecule has 1 N–H and O–H groups in total. The average Bonchev–Trinajstić information content (AvgIpc) is 1.97. The van der Waals surface area contributed by atoms with Crippen LogP contribution in [-0.4, -0.2) is 17.7 Å². The van der Waals surface area contributed by atoms with Gasteiger partial charge >= 0.3 is 0 Å². The van der Waals surface area contributed by atoms with Crippen LogP contribution in [0.25, 0.3) is 0 Å². The van der Waals surface area contributed by atoms with Crippen LogP contribution in [0.3, 0.4) is 0 Å². The van der Waals surface area contributed by atoms with E-state index in [2.05, 4.69) is 12.2 Å². The van der Waals surface area contributed by atoms with E-state index in [0.29, 0.717) is 18.8 Å². The van der Waals surface area contributed by atoms with Crippen LogP contribution in [0.15, 0.2) is 0 Å². The third-order valence-corrected chi connectivity index (χ3v) is 2.95. The summed E-state index contributed by atoms with van der Waals surface area (Å²) in [5.74, 6) is 0.757. The summed E-state index contributed by atoms with van der Waals surface area (Å²) in [6.45, 7) is 3.57. The van der Waals surface area contributed by atoms with E-state index in [1.165, 1.54) is 26.2 Å². The Balaban J connectivity index is 2.15. The Kier molecular flexibility index (Phi) is 4.11. The van der Waals surface area contributed by atoms with Crippen molar-refractivity contribution in [3.8, 4) is 0 Å². The average molecular weight is 197 g/mol. The van der Waals surface area contributed by atoms with E-state index in [0.717, 1.165) is 0 Å². The van der Waals surface area contributed by atoms with Crippen molar-refractivity contribution in [2.24, 2.45) is 5.92 Å². The Bertz CT molecular complexity index is 221. The van der Waals surface area contributed by atoms with E-state index >= 15 is 0 Å². The van der Waals surface area contributed by atoms with Crippen molar-refractivity contribution in [2.75, 3.05) is 0 Å². The molecule has 0 aromatic carbocycles. The summed E-state index contributed by atoms with van der Waals surface area (Å²) in [5, 5.41) is 2.95. The quantitative estimate of drug-likeness (QED) is 0.728. The van der Waals surface area contributed by atoms with Gasteiger partial charge in [-0.3, -0.25) is 4.79 Å². The number of amides is 1. The molecule has 80 valence electrons. The van der Waals surface area contributed by atoms with Crippen LogP contribution < -0.4 is 5.32 Å². The smallest absolute Gasteiger partial charge is 0.220 e. The van der Waals surface area contributed by atoms with E-state index in [9.17, 15) is 9.59 Å². The summed E-state index contributed by atoms with van der Waals surface area (Å²) in [7, 11) is 0. The first-order valence-corrected chi connectivity index (χ1v) is 5.38. The molecule has 0 aliphatic heterocycles. The summed E-state index contributed by atoms with van der Waals surface area (Å²) in [6, 6.07) is 0.281. The molecule has 3 nitrogen and oxygen atoms in total. The molecular weight excluding hydrogens is 178 g/mol. The van der Waals surface area contributed by atoms with E-state index in [1.54, 1.807) is 0 Å². The molecule has 1 aliphatic rings. The fourth-order valence-electron chi connectivity index (χ4n) is 1.67. The van der Waals surface area contributed by atoms with Gasteiger partial charge in [-0.1, -0.05) is 6.42 Å². The number of Topliss-reactive ketones (excluding diaryl/α,β-unsaturated/α-hetero) is 1. The van der Waals surface area contributed by atoms with Crippen molar-refractivity contribution < 1.29 is 9.59 Å². The monoisotopic (exact) mass is 197 g/mol. The lowest BCUT2D eigenvalue weighted by Gasteiger charge is -2.31. The van der Waals surface area contributed by atoms with Gasteiger partial charge in [0.05, 0.1) is 0 Å². The molecule has 0 saturated heterocycles. The summed E-state index contributed by atoms with van der Waals surface area (Å²) < 4.78 is 0. The minimum atomic E-state index is 0.0135. The molecule has 1 fully saturated rings. The van der Waals surface area contributed by atoms with Gasteiger partial charge in [-0.2, -0.15) is 0 Å². The minimum Gasteiger partial charge on any atom is -0.353 e. The Morgan fingerprint density at radius 3 is 2.43 bits per heavy atom. The van der Waals surface area contributed by atoms with Crippen LogP contribution in [0.4, 0.5) is 0 Å². The molecule has 0 bridgehead atoms. The van der Waals surface area contributed by atoms with Gasteiger partial charge in [-0.15, -0.1) is 0 Å². The van der Waals surface area contributed by atoms with E-state index in [1.807, 2.05) is 0 Å². The van der Waals surface area contributed by atoms with Crippen molar-refractivity contribution in [2.45, 2.75) is 52.0 Å². The lowest BCUT2D eigenvalue weighted by Crippen LogP contribution is -2.40. The maximum Gasteiger partial charge on any atom is 0.220 e. The second-order valence-electron chi connectivity index (χ2n) is 4.25. The Morgan fingerprint density at radius 1 is 1.36 bits per heavy atom. The summed E-state index contributed by atoms with van der Waals surface area (Å²) >= 11 is 0. The molecule has 1 aliphatic carbocycles. The molecule has 1 amide bonds. The highest BCUT2D eigenvalue weighted by atomic mass is 16.2. The predicted molar refractivity (Wildman–Crippen MR) is 54.9 cm³/mol. The lowest BCUT2D eigenvalue weighted by molar-refractivity contribution is -0.125. The Morgan fingerprint density at radius 2 is 2.00 bits per heavy atom. The van der Waals surface area contributed by atoms with Crippen LogP contribution in [0.2, 0.25) is 0 Å². The van der Waals surface area contributed by atoms with Gasteiger partial charge in [0.15, 0.2) is 0 Å². The summed E-state index contributed by atoms with van der Waals surface area (Å²) in [4.78, 5) is 22.0. The van der Waals surface area contributed by atoms with Crippen LogP contribution in [-0.2, 0) is 9.59 Å². The van der Waals surface area contributed by atoms with Gasteiger partial charge in [-0.05, 0) is 32.6 Å². The van der Waals surface area contributed by atoms with E-state index in [4.69, 9.17) is 0 Å². The molecule has 1 saturated carbocycles. The number of hydrogen-bond acceptors (Lipinski definition) is 2. The number of carbonyl (C=O) groups is 2. The Hall–Kier alpha value is -0.860. The van der Waals surface area contributed by atoms with Gasteiger partial charge < -0.3 is 10.1 Å². The van der Waals surface area contributed by atoms with Gasteiger partial charge in [-0.25, -0.2) is 0 Å². The van der Waals surface area contributed by atoms with Gasteiger partial charge in [0.1, 0.15) is 5.78 Å².